The van der Waals surface area contributed by atoms with Crippen LogP contribution >= 0.6 is 0 Å². The molecule has 0 aliphatic carbocycles. The third kappa shape index (κ3) is 4.09. The fraction of sp³-hybridized carbons (Fsp3) is 0.625. The van der Waals surface area contributed by atoms with Crippen LogP contribution in [-0.2, 0) is 0 Å². The number of nitrogens with one attached hydrogen (secondary N) is 1. The van der Waals surface area contributed by atoms with Crippen molar-refractivity contribution in [3.63, 3.8) is 0 Å². The lowest BCUT2D eigenvalue weighted by atomic mass is 9.90. The van der Waals surface area contributed by atoms with Crippen LogP contribution in [0.2, 0.25) is 0 Å². The van der Waals surface area contributed by atoms with Crippen molar-refractivity contribution in [2.24, 2.45) is 5.92 Å². The van der Waals surface area contributed by atoms with Crippen molar-refractivity contribution in [3.8, 4) is 0 Å². The number of hydrogen-bond donors (Lipinski definition) is 1. The summed E-state index contributed by atoms with van der Waals surface area (Å²) >= 11 is 0. The molecular formula is C16H26FN. The zero-order valence-electron chi connectivity index (χ0n) is 12.1. The highest BCUT2D eigenvalue weighted by molar-refractivity contribution is 5.26. The molecule has 1 N–H and O–H groups in total. The van der Waals surface area contributed by atoms with Crippen molar-refractivity contribution in [1.82, 2.24) is 5.32 Å². The molecule has 0 radical (unpaired) electrons. The van der Waals surface area contributed by atoms with Gasteiger partial charge >= 0.3 is 0 Å². The van der Waals surface area contributed by atoms with E-state index >= 15 is 0 Å². The summed E-state index contributed by atoms with van der Waals surface area (Å²) in [4.78, 5) is 0. The molecule has 0 aliphatic heterocycles. The SMILES string of the molecule is CCCNC(c1ccc(C)c(F)c1)C(C)CCC. The van der Waals surface area contributed by atoms with Crippen LogP contribution in [0.25, 0.3) is 0 Å². The second-order valence-electron chi connectivity index (χ2n) is 5.21. The predicted octanol–water partition coefficient (Wildman–Crippen LogP) is 4.61. The van der Waals surface area contributed by atoms with Crippen LogP contribution < -0.4 is 5.32 Å². The normalized spacial score (nSPS) is 14.5. The van der Waals surface area contributed by atoms with Crippen LogP contribution in [0.15, 0.2) is 18.2 Å². The summed E-state index contributed by atoms with van der Waals surface area (Å²) in [5.74, 6) is 0.433. The molecule has 1 aromatic rings. The van der Waals surface area contributed by atoms with E-state index in [2.05, 4.69) is 32.2 Å². The molecule has 0 fully saturated rings. The molecule has 0 bridgehead atoms. The van der Waals surface area contributed by atoms with Crippen molar-refractivity contribution in [3.05, 3.63) is 35.1 Å². The maximum Gasteiger partial charge on any atom is 0.126 e. The second-order valence-corrected chi connectivity index (χ2v) is 5.21. The molecule has 1 rings (SSSR count). The Labute approximate surface area is 111 Å². The van der Waals surface area contributed by atoms with E-state index in [0.717, 1.165) is 30.5 Å². The average Bonchev–Trinajstić information content (AvgIpc) is 2.34. The van der Waals surface area contributed by atoms with Crippen molar-refractivity contribution < 1.29 is 4.39 Å². The van der Waals surface area contributed by atoms with Gasteiger partial charge in [-0.05, 0) is 49.4 Å². The molecule has 0 amide bonds. The highest BCUT2D eigenvalue weighted by Crippen LogP contribution is 2.26. The molecule has 0 aromatic heterocycles. The van der Waals surface area contributed by atoms with Gasteiger partial charge in [0.1, 0.15) is 5.82 Å². The Morgan fingerprint density at radius 3 is 2.50 bits per heavy atom. The van der Waals surface area contributed by atoms with Crippen molar-refractivity contribution >= 4 is 0 Å². The number of benzene rings is 1. The van der Waals surface area contributed by atoms with Crippen LogP contribution in [0.4, 0.5) is 4.39 Å². The van der Waals surface area contributed by atoms with E-state index in [-0.39, 0.29) is 11.9 Å². The van der Waals surface area contributed by atoms with Gasteiger partial charge < -0.3 is 5.32 Å². The molecule has 2 atom stereocenters. The third-order valence-corrected chi connectivity index (χ3v) is 3.48. The van der Waals surface area contributed by atoms with Crippen LogP contribution in [0, 0.1) is 18.7 Å². The lowest BCUT2D eigenvalue weighted by Gasteiger charge is -2.25. The molecule has 18 heavy (non-hydrogen) atoms. The number of aryl methyl sites for hydroxylation is 1. The molecule has 0 heterocycles. The maximum atomic E-state index is 13.7. The van der Waals surface area contributed by atoms with Gasteiger partial charge in [-0.3, -0.25) is 0 Å². The first-order valence-corrected chi connectivity index (χ1v) is 7.09. The average molecular weight is 251 g/mol. The predicted molar refractivity (Wildman–Crippen MR) is 76.2 cm³/mol. The zero-order valence-corrected chi connectivity index (χ0v) is 12.1. The Kier molecular flexibility index (Phi) is 6.34. The lowest BCUT2D eigenvalue weighted by molar-refractivity contribution is 0.362. The smallest absolute Gasteiger partial charge is 0.126 e. The Morgan fingerprint density at radius 1 is 1.22 bits per heavy atom. The van der Waals surface area contributed by atoms with E-state index in [0.29, 0.717) is 5.92 Å². The second kappa shape index (κ2) is 7.52. The van der Waals surface area contributed by atoms with Crippen molar-refractivity contribution in [2.45, 2.75) is 53.0 Å². The first-order valence-electron chi connectivity index (χ1n) is 7.09. The molecule has 2 unspecified atom stereocenters. The quantitative estimate of drug-likeness (QED) is 0.746. The zero-order chi connectivity index (χ0) is 13.5. The van der Waals surface area contributed by atoms with Crippen molar-refractivity contribution in [2.75, 3.05) is 6.54 Å². The highest BCUT2D eigenvalue weighted by atomic mass is 19.1. The third-order valence-electron chi connectivity index (χ3n) is 3.48. The molecule has 1 aromatic carbocycles. The summed E-state index contributed by atoms with van der Waals surface area (Å²) in [6.07, 6.45) is 3.43. The lowest BCUT2D eigenvalue weighted by Crippen LogP contribution is -2.27. The van der Waals surface area contributed by atoms with E-state index in [1.807, 2.05) is 13.0 Å². The van der Waals surface area contributed by atoms with Gasteiger partial charge in [0.2, 0.25) is 0 Å². The molecule has 0 saturated heterocycles. The summed E-state index contributed by atoms with van der Waals surface area (Å²) < 4.78 is 13.7. The van der Waals surface area contributed by atoms with Crippen molar-refractivity contribution in [1.29, 1.82) is 0 Å². The fourth-order valence-electron chi connectivity index (χ4n) is 2.37. The summed E-state index contributed by atoms with van der Waals surface area (Å²) in [5, 5.41) is 3.55. The summed E-state index contributed by atoms with van der Waals surface area (Å²) in [5.41, 5.74) is 1.80. The number of halogens is 1. The van der Waals surface area contributed by atoms with E-state index in [1.165, 1.54) is 6.42 Å². The Balaban J connectivity index is 2.89. The van der Waals surface area contributed by atoms with Gasteiger partial charge in [0.25, 0.3) is 0 Å². The topological polar surface area (TPSA) is 12.0 Å². The fourth-order valence-corrected chi connectivity index (χ4v) is 2.37. The first kappa shape index (κ1) is 15.2. The van der Waals surface area contributed by atoms with E-state index in [1.54, 1.807) is 6.07 Å². The Bertz CT molecular complexity index is 362. The largest absolute Gasteiger partial charge is 0.310 e. The van der Waals surface area contributed by atoms with Gasteiger partial charge in [0, 0.05) is 6.04 Å². The summed E-state index contributed by atoms with van der Waals surface area (Å²) in [6, 6.07) is 5.89. The molecule has 1 nitrogen and oxygen atoms in total. The van der Waals surface area contributed by atoms with Gasteiger partial charge in [-0.2, -0.15) is 0 Å². The van der Waals surface area contributed by atoms with Gasteiger partial charge in [-0.1, -0.05) is 39.3 Å². The minimum Gasteiger partial charge on any atom is -0.310 e. The van der Waals surface area contributed by atoms with Crippen LogP contribution in [0.3, 0.4) is 0 Å². The molecule has 2 heteroatoms. The number of rotatable bonds is 7. The van der Waals surface area contributed by atoms with E-state index in [4.69, 9.17) is 0 Å². The molecule has 0 spiro atoms. The molecule has 0 aliphatic rings. The van der Waals surface area contributed by atoms with Gasteiger partial charge in [0.15, 0.2) is 0 Å². The molecule has 102 valence electrons. The van der Waals surface area contributed by atoms with Gasteiger partial charge in [-0.15, -0.1) is 0 Å². The maximum absolute atomic E-state index is 13.7. The summed E-state index contributed by atoms with van der Waals surface area (Å²) in [6.45, 7) is 9.39. The number of hydrogen-bond acceptors (Lipinski definition) is 1. The van der Waals surface area contributed by atoms with Gasteiger partial charge in [-0.25, -0.2) is 4.39 Å². The minimum absolute atomic E-state index is 0.0977. The monoisotopic (exact) mass is 251 g/mol. The molecule has 0 saturated carbocycles. The van der Waals surface area contributed by atoms with E-state index in [9.17, 15) is 4.39 Å². The first-order chi connectivity index (χ1) is 8.60. The molecular weight excluding hydrogens is 225 g/mol. The minimum atomic E-state index is -0.0977. The highest BCUT2D eigenvalue weighted by Gasteiger charge is 2.18. The Hall–Kier alpha value is -0.890. The van der Waals surface area contributed by atoms with Crippen LogP contribution in [-0.4, -0.2) is 6.54 Å². The van der Waals surface area contributed by atoms with Gasteiger partial charge in [0.05, 0.1) is 0 Å². The Morgan fingerprint density at radius 2 is 1.94 bits per heavy atom. The standard InChI is InChI=1S/C16H26FN/c1-5-7-13(4)16(18-10-6-2)14-9-8-12(3)15(17)11-14/h8-9,11,13,16,18H,5-7,10H2,1-4H3. The van der Waals surface area contributed by atoms with Crippen LogP contribution in [0.5, 0.6) is 0 Å². The van der Waals surface area contributed by atoms with Crippen LogP contribution in [0.1, 0.15) is 57.2 Å². The summed E-state index contributed by atoms with van der Waals surface area (Å²) in [7, 11) is 0. The van der Waals surface area contributed by atoms with E-state index < -0.39 is 0 Å².